The molecule has 2 heterocycles. The lowest BCUT2D eigenvalue weighted by Crippen LogP contribution is -2.37. The highest BCUT2D eigenvalue weighted by molar-refractivity contribution is 8.01. The van der Waals surface area contributed by atoms with Gasteiger partial charge in [-0.15, -0.1) is 11.8 Å². The Bertz CT molecular complexity index is 403. The highest BCUT2D eigenvalue weighted by Gasteiger charge is 2.34. The minimum Gasteiger partial charge on any atom is -0.384 e. The number of carbonyl (C=O) groups excluding carboxylic acids is 1. The Morgan fingerprint density at radius 2 is 2.21 bits per heavy atom. The Labute approximate surface area is 86.3 Å². The van der Waals surface area contributed by atoms with Crippen molar-refractivity contribution in [2.45, 2.75) is 23.5 Å². The van der Waals surface area contributed by atoms with Crippen molar-refractivity contribution >= 4 is 29.3 Å². The summed E-state index contributed by atoms with van der Waals surface area (Å²) in [6, 6.07) is 3.61. The zero-order chi connectivity index (χ0) is 10.3. The molecule has 0 spiro atoms. The number of nitrogens with zero attached hydrogens (tertiary/aromatic N) is 1. The smallest absolute Gasteiger partial charge is 0.241 e. The number of hydrogen-bond acceptors (Lipinski definition) is 4. The number of fused-ring (bicyclic) bond motifs is 1. The van der Waals surface area contributed by atoms with Crippen molar-refractivity contribution in [3.8, 4) is 0 Å². The summed E-state index contributed by atoms with van der Waals surface area (Å²) in [5, 5.41) is 2.74. The van der Waals surface area contributed by atoms with Crippen molar-refractivity contribution in [2.24, 2.45) is 0 Å². The summed E-state index contributed by atoms with van der Waals surface area (Å²) in [5.41, 5.74) is 5.52. The van der Waals surface area contributed by atoms with Gasteiger partial charge in [0.25, 0.3) is 0 Å². The maximum absolute atomic E-state index is 11.6. The van der Waals surface area contributed by atoms with E-state index >= 15 is 0 Å². The van der Waals surface area contributed by atoms with Crippen LogP contribution in [-0.4, -0.2) is 15.6 Å². The number of nitrogens with two attached hydrogens (primary N) is 1. The van der Waals surface area contributed by atoms with Crippen molar-refractivity contribution in [2.75, 3.05) is 11.1 Å². The van der Waals surface area contributed by atoms with E-state index in [1.54, 1.807) is 6.07 Å². The molecule has 1 aliphatic heterocycles. The van der Waals surface area contributed by atoms with Gasteiger partial charge in [-0.1, -0.05) is 0 Å². The van der Waals surface area contributed by atoms with Gasteiger partial charge in [-0.2, -0.15) is 0 Å². The fourth-order valence-electron chi connectivity index (χ4n) is 1.21. The van der Waals surface area contributed by atoms with E-state index in [1.165, 1.54) is 11.8 Å². The number of carbonyl (C=O) groups is 1. The molecule has 0 saturated heterocycles. The third kappa shape index (κ3) is 1.43. The molecular formula is C9H11N3OS. The zero-order valence-corrected chi connectivity index (χ0v) is 8.81. The van der Waals surface area contributed by atoms with E-state index < -0.39 is 4.75 Å². The number of amides is 1. The fraction of sp³-hybridized carbons (Fsp3) is 0.333. The number of nitrogen functional groups attached to an aromatic ring is 1. The van der Waals surface area contributed by atoms with Gasteiger partial charge in [-0.05, 0) is 26.0 Å². The standard InChI is InChI=1S/C9H11N3OS/c1-9(2)8(13)12-7-5(14-9)3-4-6(10)11-7/h3-4H,1-2H3,(H3,10,11,12,13). The van der Waals surface area contributed by atoms with Gasteiger partial charge in [0.2, 0.25) is 5.91 Å². The van der Waals surface area contributed by atoms with Gasteiger partial charge in [0.15, 0.2) is 0 Å². The zero-order valence-electron chi connectivity index (χ0n) is 8.00. The van der Waals surface area contributed by atoms with Crippen LogP contribution in [0.2, 0.25) is 0 Å². The van der Waals surface area contributed by atoms with Crippen LogP contribution in [0.3, 0.4) is 0 Å². The molecule has 0 saturated carbocycles. The number of thioether (sulfide) groups is 1. The maximum atomic E-state index is 11.6. The SMILES string of the molecule is CC1(C)Sc2ccc(N)nc2NC1=O. The van der Waals surface area contributed by atoms with Crippen molar-refractivity contribution in [1.29, 1.82) is 0 Å². The molecule has 0 radical (unpaired) electrons. The molecule has 1 aliphatic rings. The largest absolute Gasteiger partial charge is 0.384 e. The topological polar surface area (TPSA) is 68.0 Å². The molecule has 74 valence electrons. The molecule has 1 amide bonds. The predicted molar refractivity (Wildman–Crippen MR) is 57.2 cm³/mol. The summed E-state index contributed by atoms with van der Waals surface area (Å²) in [6.45, 7) is 3.76. The van der Waals surface area contributed by atoms with Crippen LogP contribution in [0.4, 0.5) is 11.6 Å². The number of hydrogen-bond donors (Lipinski definition) is 2. The van der Waals surface area contributed by atoms with E-state index in [9.17, 15) is 4.79 Å². The second-order valence-corrected chi connectivity index (χ2v) is 5.31. The van der Waals surface area contributed by atoms with Gasteiger partial charge in [0.05, 0.1) is 9.64 Å². The lowest BCUT2D eigenvalue weighted by atomic mass is 10.2. The second-order valence-electron chi connectivity index (χ2n) is 3.65. The number of nitrogens with one attached hydrogen (secondary N) is 1. The summed E-state index contributed by atoms with van der Waals surface area (Å²) in [4.78, 5) is 16.6. The summed E-state index contributed by atoms with van der Waals surface area (Å²) in [7, 11) is 0. The van der Waals surface area contributed by atoms with Gasteiger partial charge in [0, 0.05) is 0 Å². The average molecular weight is 209 g/mol. The molecule has 1 aromatic rings. The third-order valence-electron chi connectivity index (χ3n) is 2.02. The van der Waals surface area contributed by atoms with Gasteiger partial charge < -0.3 is 11.1 Å². The first-order valence-corrected chi connectivity index (χ1v) is 5.08. The van der Waals surface area contributed by atoms with E-state index in [0.717, 1.165) is 4.90 Å². The minimum atomic E-state index is -0.440. The molecule has 5 heteroatoms. The maximum Gasteiger partial charge on any atom is 0.241 e. The Kier molecular flexibility index (Phi) is 1.92. The number of pyridine rings is 1. The van der Waals surface area contributed by atoms with Gasteiger partial charge in [0.1, 0.15) is 11.6 Å². The van der Waals surface area contributed by atoms with Crippen molar-refractivity contribution < 1.29 is 4.79 Å². The molecule has 0 bridgehead atoms. The Balaban J connectivity index is 2.46. The molecule has 0 unspecified atom stereocenters. The Morgan fingerprint density at radius 1 is 1.50 bits per heavy atom. The molecule has 0 fully saturated rings. The van der Waals surface area contributed by atoms with Crippen molar-refractivity contribution in [3.05, 3.63) is 12.1 Å². The quantitative estimate of drug-likeness (QED) is 0.679. The van der Waals surface area contributed by atoms with Crippen LogP contribution in [0.25, 0.3) is 0 Å². The number of anilines is 2. The normalized spacial score (nSPS) is 18.6. The van der Waals surface area contributed by atoms with Crippen LogP contribution in [0.5, 0.6) is 0 Å². The van der Waals surface area contributed by atoms with E-state index in [0.29, 0.717) is 11.6 Å². The highest BCUT2D eigenvalue weighted by atomic mass is 32.2. The first-order valence-electron chi connectivity index (χ1n) is 4.26. The summed E-state index contributed by atoms with van der Waals surface area (Å²) in [5.74, 6) is 0.955. The summed E-state index contributed by atoms with van der Waals surface area (Å²) in [6.07, 6.45) is 0. The lowest BCUT2D eigenvalue weighted by Gasteiger charge is -2.28. The molecule has 1 aromatic heterocycles. The summed E-state index contributed by atoms with van der Waals surface area (Å²) >= 11 is 1.50. The number of rotatable bonds is 0. The summed E-state index contributed by atoms with van der Waals surface area (Å²) < 4.78 is -0.440. The van der Waals surface area contributed by atoms with Gasteiger partial charge >= 0.3 is 0 Å². The van der Waals surface area contributed by atoms with Crippen LogP contribution in [0.1, 0.15) is 13.8 Å². The van der Waals surface area contributed by atoms with Gasteiger partial charge in [-0.25, -0.2) is 4.98 Å². The van der Waals surface area contributed by atoms with Crippen molar-refractivity contribution in [3.63, 3.8) is 0 Å². The van der Waals surface area contributed by atoms with E-state index in [1.807, 2.05) is 19.9 Å². The monoisotopic (exact) mass is 209 g/mol. The lowest BCUT2D eigenvalue weighted by molar-refractivity contribution is -0.117. The Hall–Kier alpha value is -1.23. The molecule has 14 heavy (non-hydrogen) atoms. The highest BCUT2D eigenvalue weighted by Crippen LogP contribution is 2.41. The van der Waals surface area contributed by atoms with Crippen LogP contribution in [-0.2, 0) is 4.79 Å². The van der Waals surface area contributed by atoms with E-state index in [4.69, 9.17) is 5.73 Å². The molecule has 0 aliphatic carbocycles. The second kappa shape index (κ2) is 2.88. The number of aromatic nitrogens is 1. The first kappa shape index (κ1) is 9.33. The van der Waals surface area contributed by atoms with Crippen LogP contribution in [0.15, 0.2) is 17.0 Å². The molecule has 0 aromatic carbocycles. The van der Waals surface area contributed by atoms with Crippen molar-refractivity contribution in [1.82, 2.24) is 4.98 Å². The van der Waals surface area contributed by atoms with Gasteiger partial charge in [-0.3, -0.25) is 4.79 Å². The molecular weight excluding hydrogens is 198 g/mol. The fourth-order valence-corrected chi connectivity index (χ4v) is 2.24. The first-order chi connectivity index (χ1) is 6.49. The van der Waals surface area contributed by atoms with Crippen LogP contribution < -0.4 is 11.1 Å². The molecule has 4 nitrogen and oxygen atoms in total. The molecule has 3 N–H and O–H groups in total. The average Bonchev–Trinajstić information content (AvgIpc) is 2.08. The predicted octanol–water partition coefficient (Wildman–Crippen LogP) is 1.49. The Morgan fingerprint density at radius 3 is 2.93 bits per heavy atom. The molecule has 0 atom stereocenters. The minimum absolute atomic E-state index is 0.0342. The van der Waals surface area contributed by atoms with E-state index in [-0.39, 0.29) is 5.91 Å². The molecule has 2 rings (SSSR count). The third-order valence-corrected chi connectivity index (χ3v) is 3.27. The van der Waals surface area contributed by atoms with E-state index in [2.05, 4.69) is 10.3 Å². The van der Waals surface area contributed by atoms with Crippen LogP contribution in [0, 0.1) is 0 Å². The van der Waals surface area contributed by atoms with Crippen LogP contribution >= 0.6 is 11.8 Å².